The average molecular weight is 510 g/mol. The number of amides is 2. The molecule has 0 heterocycles. The number of carbonyl (C=O) groups excluding carboxylic acids is 3. The zero-order valence-electron chi connectivity index (χ0n) is 22.0. The molecule has 37 heavy (non-hydrogen) atoms. The summed E-state index contributed by atoms with van der Waals surface area (Å²) in [6, 6.07) is 13.3. The minimum Gasteiger partial charge on any atom is -0.497 e. The third-order valence-corrected chi connectivity index (χ3v) is 5.77. The molecule has 2 N–H and O–H groups in total. The number of rotatable bonds is 17. The van der Waals surface area contributed by atoms with Gasteiger partial charge in [-0.3, -0.25) is 9.59 Å². The van der Waals surface area contributed by atoms with Crippen LogP contribution in [0.5, 0.6) is 11.5 Å². The molecule has 0 bridgehead atoms. The number of methoxy groups -OCH3 is 1. The zero-order valence-corrected chi connectivity index (χ0v) is 22.0. The lowest BCUT2D eigenvalue weighted by Crippen LogP contribution is -2.34. The van der Waals surface area contributed by atoms with Gasteiger partial charge >= 0.3 is 5.97 Å². The lowest BCUT2D eigenvalue weighted by atomic mass is 10.1. The molecule has 2 amide bonds. The van der Waals surface area contributed by atoms with Crippen LogP contribution in [0.2, 0.25) is 0 Å². The van der Waals surface area contributed by atoms with Gasteiger partial charge < -0.3 is 14.8 Å². The van der Waals surface area contributed by atoms with Gasteiger partial charge in [0.2, 0.25) is 5.91 Å². The fraction of sp³-hybridized carbons (Fsp3) is 0.448. The van der Waals surface area contributed by atoms with E-state index in [9.17, 15) is 14.4 Å². The first-order valence-electron chi connectivity index (χ1n) is 13.1. The normalized spacial score (nSPS) is 10.8. The highest BCUT2D eigenvalue weighted by Crippen LogP contribution is 2.16. The van der Waals surface area contributed by atoms with Crippen LogP contribution in [0, 0.1) is 0 Å². The molecule has 200 valence electrons. The molecular weight excluding hydrogens is 470 g/mol. The Balaban J connectivity index is 1.59. The van der Waals surface area contributed by atoms with Crippen LogP contribution in [0.15, 0.2) is 53.6 Å². The largest absolute Gasteiger partial charge is 0.497 e. The zero-order chi connectivity index (χ0) is 26.7. The number of hydrogen-bond acceptors (Lipinski definition) is 6. The van der Waals surface area contributed by atoms with E-state index in [1.165, 1.54) is 44.7 Å². The van der Waals surface area contributed by atoms with Crippen LogP contribution in [0.25, 0.3) is 0 Å². The first-order chi connectivity index (χ1) is 18.0. The van der Waals surface area contributed by atoms with Crippen LogP contribution in [-0.2, 0) is 9.59 Å². The van der Waals surface area contributed by atoms with E-state index in [1.807, 2.05) is 0 Å². The molecule has 0 saturated carbocycles. The van der Waals surface area contributed by atoms with Crippen molar-refractivity contribution in [2.75, 3.05) is 13.7 Å². The second-order valence-electron chi connectivity index (χ2n) is 8.84. The summed E-state index contributed by atoms with van der Waals surface area (Å²) in [6.07, 6.45) is 12.6. The van der Waals surface area contributed by atoms with E-state index in [1.54, 1.807) is 55.6 Å². The van der Waals surface area contributed by atoms with Gasteiger partial charge in [0.05, 0.1) is 25.4 Å². The lowest BCUT2D eigenvalue weighted by Gasteiger charge is -2.06. The number of nitrogens with zero attached hydrogens (tertiary/aromatic N) is 1. The van der Waals surface area contributed by atoms with Crippen molar-refractivity contribution in [3.8, 4) is 11.5 Å². The lowest BCUT2D eigenvalue weighted by molar-refractivity contribution is -0.126. The van der Waals surface area contributed by atoms with Gasteiger partial charge in [-0.2, -0.15) is 5.10 Å². The molecule has 2 rings (SSSR count). The predicted molar refractivity (Wildman–Crippen MR) is 145 cm³/mol. The quantitative estimate of drug-likeness (QED) is 0.0976. The van der Waals surface area contributed by atoms with Crippen LogP contribution in [0.3, 0.4) is 0 Å². The maximum absolute atomic E-state index is 12.2. The molecule has 0 unspecified atom stereocenters. The van der Waals surface area contributed by atoms with Gasteiger partial charge in [-0.05, 0) is 60.5 Å². The highest BCUT2D eigenvalue weighted by Gasteiger charge is 2.09. The van der Waals surface area contributed by atoms with Crippen molar-refractivity contribution in [1.29, 1.82) is 0 Å². The summed E-state index contributed by atoms with van der Waals surface area (Å²) < 4.78 is 10.4. The molecular formula is C29H39N3O5. The van der Waals surface area contributed by atoms with E-state index in [0.29, 0.717) is 29.0 Å². The highest BCUT2D eigenvalue weighted by atomic mass is 16.5. The topological polar surface area (TPSA) is 106 Å². The summed E-state index contributed by atoms with van der Waals surface area (Å²) in [7, 11) is 1.56. The monoisotopic (exact) mass is 509 g/mol. The fourth-order valence-electron chi connectivity index (χ4n) is 3.60. The number of esters is 1. The molecule has 0 aromatic heterocycles. The molecule has 0 atom stereocenters. The van der Waals surface area contributed by atoms with Crippen molar-refractivity contribution < 1.29 is 23.9 Å². The first kappa shape index (κ1) is 29.5. The fourth-order valence-corrected chi connectivity index (χ4v) is 3.60. The number of unbranched alkanes of at least 4 members (excludes halogenated alkanes) is 8. The number of benzene rings is 2. The summed E-state index contributed by atoms with van der Waals surface area (Å²) >= 11 is 0. The van der Waals surface area contributed by atoms with Gasteiger partial charge in [0.25, 0.3) is 5.91 Å². The Morgan fingerprint density at radius 1 is 0.784 bits per heavy atom. The molecule has 0 aliphatic carbocycles. The third-order valence-electron chi connectivity index (χ3n) is 5.77. The van der Waals surface area contributed by atoms with Gasteiger partial charge in [0, 0.05) is 6.42 Å². The number of carbonyl (C=O) groups is 3. The van der Waals surface area contributed by atoms with E-state index in [-0.39, 0.29) is 12.5 Å². The number of hydrogen-bond donors (Lipinski definition) is 2. The molecule has 8 heteroatoms. The van der Waals surface area contributed by atoms with Gasteiger partial charge in [0.1, 0.15) is 11.5 Å². The second-order valence-corrected chi connectivity index (χ2v) is 8.84. The van der Waals surface area contributed by atoms with Crippen molar-refractivity contribution in [3.63, 3.8) is 0 Å². The van der Waals surface area contributed by atoms with Crippen molar-refractivity contribution >= 4 is 24.0 Å². The van der Waals surface area contributed by atoms with E-state index in [4.69, 9.17) is 9.47 Å². The Morgan fingerprint density at radius 2 is 1.38 bits per heavy atom. The van der Waals surface area contributed by atoms with Crippen LogP contribution in [0.1, 0.15) is 87.1 Å². The Bertz CT molecular complexity index is 988. The molecule has 0 aliphatic heterocycles. The van der Waals surface area contributed by atoms with Crippen molar-refractivity contribution in [1.82, 2.24) is 10.7 Å². The summed E-state index contributed by atoms with van der Waals surface area (Å²) in [6.45, 7) is 2.10. The maximum atomic E-state index is 12.2. The summed E-state index contributed by atoms with van der Waals surface area (Å²) in [5, 5.41) is 6.52. The first-order valence-corrected chi connectivity index (χ1v) is 13.1. The van der Waals surface area contributed by atoms with Crippen LogP contribution >= 0.6 is 0 Å². The Hall–Kier alpha value is -3.68. The highest BCUT2D eigenvalue weighted by molar-refractivity contribution is 5.91. The average Bonchev–Trinajstić information content (AvgIpc) is 2.92. The molecule has 0 fully saturated rings. The minimum atomic E-state index is -0.476. The Morgan fingerprint density at radius 3 is 2.00 bits per heavy atom. The molecule has 2 aromatic carbocycles. The number of ether oxygens (including phenoxy) is 2. The number of hydrazone groups is 1. The smallest absolute Gasteiger partial charge is 0.343 e. The molecule has 0 radical (unpaired) electrons. The minimum absolute atomic E-state index is 0.117. The summed E-state index contributed by atoms with van der Waals surface area (Å²) in [5.74, 6) is 0.0418. The predicted octanol–water partition coefficient (Wildman–Crippen LogP) is 5.40. The summed E-state index contributed by atoms with van der Waals surface area (Å²) in [4.78, 5) is 36.0. The summed E-state index contributed by atoms with van der Waals surface area (Å²) in [5.41, 5.74) is 3.51. The standard InChI is InChI=1S/C29H39N3O5/c1-3-4-5-6-7-8-9-10-11-12-27(33)30-22-28(34)32-31-21-23-13-17-26(18-14-23)37-29(35)24-15-19-25(36-2)20-16-24/h13-21H,3-12,22H2,1-2H3,(H,30,33)(H,32,34)/b31-21-. The van der Waals surface area contributed by atoms with Crippen molar-refractivity contribution in [2.24, 2.45) is 5.10 Å². The maximum Gasteiger partial charge on any atom is 0.343 e. The third kappa shape index (κ3) is 12.7. The van der Waals surface area contributed by atoms with Crippen LogP contribution in [0.4, 0.5) is 0 Å². The van der Waals surface area contributed by atoms with Crippen molar-refractivity contribution in [2.45, 2.75) is 71.1 Å². The van der Waals surface area contributed by atoms with Crippen LogP contribution < -0.4 is 20.2 Å². The number of nitrogens with one attached hydrogen (secondary N) is 2. The van der Waals surface area contributed by atoms with E-state index >= 15 is 0 Å². The van der Waals surface area contributed by atoms with Crippen molar-refractivity contribution in [3.05, 3.63) is 59.7 Å². The van der Waals surface area contributed by atoms with Crippen LogP contribution in [-0.4, -0.2) is 37.7 Å². The van der Waals surface area contributed by atoms with Gasteiger partial charge in [0.15, 0.2) is 0 Å². The SMILES string of the molecule is CCCCCCCCCCCC(=O)NCC(=O)N/N=C\c1ccc(OC(=O)c2ccc(OC)cc2)cc1. The van der Waals surface area contributed by atoms with Gasteiger partial charge in [-0.15, -0.1) is 0 Å². The molecule has 0 saturated heterocycles. The van der Waals surface area contributed by atoms with Gasteiger partial charge in [-0.1, -0.05) is 58.3 Å². The molecule has 8 nitrogen and oxygen atoms in total. The molecule has 0 aliphatic rings. The van der Waals surface area contributed by atoms with Gasteiger partial charge in [-0.25, -0.2) is 10.2 Å². The Kier molecular flexibility index (Phi) is 14.1. The molecule has 2 aromatic rings. The van der Waals surface area contributed by atoms with E-state index in [0.717, 1.165) is 19.3 Å². The van der Waals surface area contributed by atoms with E-state index in [2.05, 4.69) is 22.8 Å². The second kappa shape index (κ2) is 17.7. The van der Waals surface area contributed by atoms with E-state index < -0.39 is 11.9 Å². The molecule has 0 spiro atoms. The Labute approximate surface area is 219 Å².